The Morgan fingerprint density at radius 1 is 1.30 bits per heavy atom. The van der Waals surface area contributed by atoms with E-state index in [-0.39, 0.29) is 37.4 Å². The van der Waals surface area contributed by atoms with Crippen LogP contribution in [0, 0.1) is 18.8 Å². The maximum absolute atomic E-state index is 12.7. The zero-order chi connectivity index (χ0) is 22.3. The van der Waals surface area contributed by atoms with Crippen molar-refractivity contribution < 1.29 is 23.9 Å². The van der Waals surface area contributed by atoms with E-state index in [0.29, 0.717) is 30.3 Å². The van der Waals surface area contributed by atoms with Crippen LogP contribution in [0.2, 0.25) is 0 Å². The van der Waals surface area contributed by atoms with E-state index in [0.717, 1.165) is 5.56 Å². The van der Waals surface area contributed by atoms with Crippen LogP contribution in [0.4, 0.5) is 10.5 Å². The van der Waals surface area contributed by atoms with Crippen molar-refractivity contribution in [3.8, 4) is 5.75 Å². The molecule has 3 amide bonds. The van der Waals surface area contributed by atoms with Crippen molar-refractivity contribution in [1.29, 1.82) is 0 Å². The van der Waals surface area contributed by atoms with Gasteiger partial charge >= 0.3 is 6.09 Å². The summed E-state index contributed by atoms with van der Waals surface area (Å²) < 4.78 is 10.3. The number of methoxy groups -OCH3 is 1. The quantitative estimate of drug-likeness (QED) is 0.641. The molecule has 1 fully saturated rings. The predicted molar refractivity (Wildman–Crippen MR) is 115 cm³/mol. The molecular weight excluding hydrogens is 386 g/mol. The molecule has 30 heavy (non-hydrogen) atoms. The van der Waals surface area contributed by atoms with E-state index in [9.17, 15) is 14.4 Å². The van der Waals surface area contributed by atoms with Crippen molar-refractivity contribution in [2.75, 3.05) is 31.7 Å². The van der Waals surface area contributed by atoms with Crippen molar-refractivity contribution in [1.82, 2.24) is 10.6 Å². The number of rotatable bonds is 9. The lowest BCUT2D eigenvalue weighted by Crippen LogP contribution is -2.46. The largest absolute Gasteiger partial charge is 0.495 e. The van der Waals surface area contributed by atoms with Crippen LogP contribution in [0.1, 0.15) is 39.2 Å². The van der Waals surface area contributed by atoms with E-state index in [2.05, 4.69) is 10.6 Å². The summed E-state index contributed by atoms with van der Waals surface area (Å²) in [5.74, 6) is 0.182. The van der Waals surface area contributed by atoms with Gasteiger partial charge in [0, 0.05) is 25.6 Å². The van der Waals surface area contributed by atoms with Crippen molar-refractivity contribution in [3.63, 3.8) is 0 Å². The molecule has 0 radical (unpaired) electrons. The minimum Gasteiger partial charge on any atom is -0.495 e. The highest BCUT2D eigenvalue weighted by molar-refractivity contribution is 6.01. The Bertz CT molecular complexity index is 765. The molecule has 0 aliphatic carbocycles. The molecule has 0 aromatic heterocycles. The summed E-state index contributed by atoms with van der Waals surface area (Å²) in [6.45, 7) is 8.65. The highest BCUT2D eigenvalue weighted by Crippen LogP contribution is 2.33. The molecule has 2 atom stereocenters. The number of hydrogen-bond donors (Lipinski definition) is 2. The first-order valence-electron chi connectivity index (χ1n) is 10.4. The molecule has 2 rings (SSSR count). The number of carbonyl (C=O) groups is 3. The number of anilines is 1. The average Bonchev–Trinajstić information content (AvgIpc) is 3.07. The lowest BCUT2D eigenvalue weighted by atomic mass is 10.0. The Hall–Kier alpha value is -2.77. The first-order chi connectivity index (χ1) is 14.2. The lowest BCUT2D eigenvalue weighted by molar-refractivity contribution is -0.126. The van der Waals surface area contributed by atoms with Gasteiger partial charge in [-0.3, -0.25) is 9.59 Å². The molecule has 8 heteroatoms. The van der Waals surface area contributed by atoms with Gasteiger partial charge < -0.3 is 25.0 Å². The normalized spacial score (nSPS) is 17.1. The number of benzene rings is 1. The molecule has 0 bridgehead atoms. The Morgan fingerprint density at radius 2 is 2.03 bits per heavy atom. The third-order valence-electron chi connectivity index (χ3n) is 5.00. The van der Waals surface area contributed by atoms with Crippen molar-refractivity contribution in [3.05, 3.63) is 23.8 Å². The first kappa shape index (κ1) is 23.5. The van der Waals surface area contributed by atoms with Crippen LogP contribution in [0.15, 0.2) is 18.2 Å². The van der Waals surface area contributed by atoms with Gasteiger partial charge in [-0.1, -0.05) is 19.9 Å². The van der Waals surface area contributed by atoms with Crippen LogP contribution in [0.3, 0.4) is 0 Å². The number of carbonyl (C=O) groups excluding carboxylic acids is 3. The van der Waals surface area contributed by atoms with Gasteiger partial charge in [0.15, 0.2) is 0 Å². The monoisotopic (exact) mass is 419 g/mol. The van der Waals surface area contributed by atoms with Gasteiger partial charge in [-0.05, 0) is 43.9 Å². The maximum atomic E-state index is 12.7. The van der Waals surface area contributed by atoms with Gasteiger partial charge in [-0.2, -0.15) is 0 Å². The molecule has 2 N–H and O–H groups in total. The van der Waals surface area contributed by atoms with E-state index in [1.54, 1.807) is 18.9 Å². The van der Waals surface area contributed by atoms with Crippen LogP contribution in [0.25, 0.3) is 0 Å². The van der Waals surface area contributed by atoms with E-state index < -0.39 is 12.0 Å². The van der Waals surface area contributed by atoms with Crippen LogP contribution in [-0.2, 0) is 14.3 Å². The Morgan fingerprint density at radius 3 is 2.67 bits per heavy atom. The standard InChI is InChI=1S/C22H33N3O5/c1-6-30-22(28)24-17(9-14(2)3)12-23-21(27)16-11-20(26)25(13-16)18-10-15(4)7-8-19(18)29-5/h7-8,10,14,16-17H,6,9,11-13H2,1-5H3,(H,23,27)(H,24,28). The summed E-state index contributed by atoms with van der Waals surface area (Å²) in [6, 6.07) is 5.39. The summed E-state index contributed by atoms with van der Waals surface area (Å²) in [7, 11) is 1.56. The topological polar surface area (TPSA) is 97.0 Å². The van der Waals surface area contributed by atoms with Crippen molar-refractivity contribution in [2.45, 2.75) is 46.6 Å². The molecule has 1 aromatic carbocycles. The second-order valence-corrected chi connectivity index (χ2v) is 8.02. The fraction of sp³-hybridized carbons (Fsp3) is 0.591. The minimum absolute atomic E-state index is 0.109. The second kappa shape index (κ2) is 10.8. The second-order valence-electron chi connectivity index (χ2n) is 8.02. The molecule has 1 saturated heterocycles. The highest BCUT2D eigenvalue weighted by Gasteiger charge is 2.36. The van der Waals surface area contributed by atoms with Gasteiger partial charge in [0.1, 0.15) is 5.75 Å². The van der Waals surface area contributed by atoms with Crippen molar-refractivity contribution in [2.24, 2.45) is 11.8 Å². The minimum atomic E-state index is -0.494. The third kappa shape index (κ3) is 6.37. The van der Waals surface area contributed by atoms with E-state index in [4.69, 9.17) is 9.47 Å². The van der Waals surface area contributed by atoms with Crippen molar-refractivity contribution >= 4 is 23.6 Å². The average molecular weight is 420 g/mol. The first-order valence-corrected chi connectivity index (χ1v) is 10.4. The third-order valence-corrected chi connectivity index (χ3v) is 5.00. The number of nitrogens with zero attached hydrogens (tertiary/aromatic N) is 1. The zero-order valence-electron chi connectivity index (χ0n) is 18.5. The fourth-order valence-corrected chi connectivity index (χ4v) is 3.60. The number of hydrogen-bond acceptors (Lipinski definition) is 5. The fourth-order valence-electron chi connectivity index (χ4n) is 3.60. The number of alkyl carbamates (subject to hydrolysis) is 1. The summed E-state index contributed by atoms with van der Waals surface area (Å²) in [6.07, 6.45) is 0.351. The van der Waals surface area contributed by atoms with Crippen LogP contribution < -0.4 is 20.3 Å². The molecule has 1 aliphatic heterocycles. The summed E-state index contributed by atoms with van der Waals surface area (Å²) >= 11 is 0. The van der Waals surface area contributed by atoms with Crippen LogP contribution in [-0.4, -0.2) is 50.8 Å². The molecule has 1 aromatic rings. The zero-order valence-corrected chi connectivity index (χ0v) is 18.5. The van der Waals surface area contributed by atoms with Crippen LogP contribution in [0.5, 0.6) is 5.75 Å². The molecular formula is C22H33N3O5. The molecule has 8 nitrogen and oxygen atoms in total. The maximum Gasteiger partial charge on any atom is 0.407 e. The predicted octanol–water partition coefficient (Wildman–Crippen LogP) is 2.63. The van der Waals surface area contributed by atoms with E-state index in [1.807, 2.05) is 39.0 Å². The molecule has 2 unspecified atom stereocenters. The van der Waals surface area contributed by atoms with Crippen LogP contribution >= 0.6 is 0 Å². The Balaban J connectivity index is 1.99. The van der Waals surface area contributed by atoms with Gasteiger partial charge in [-0.25, -0.2) is 4.79 Å². The Labute approximate surface area is 178 Å². The number of ether oxygens (including phenoxy) is 2. The molecule has 166 valence electrons. The number of aryl methyl sites for hydroxylation is 1. The summed E-state index contributed by atoms with van der Waals surface area (Å²) in [5, 5.41) is 5.68. The van der Waals surface area contributed by atoms with Gasteiger partial charge in [0.25, 0.3) is 0 Å². The molecule has 1 aliphatic rings. The molecule has 0 saturated carbocycles. The summed E-state index contributed by atoms with van der Waals surface area (Å²) in [5.41, 5.74) is 1.69. The van der Waals surface area contributed by atoms with Gasteiger partial charge in [-0.15, -0.1) is 0 Å². The SMILES string of the molecule is CCOC(=O)NC(CNC(=O)C1CC(=O)N(c2cc(C)ccc2OC)C1)CC(C)C. The Kier molecular flexibility index (Phi) is 8.50. The summed E-state index contributed by atoms with van der Waals surface area (Å²) in [4.78, 5) is 38.7. The van der Waals surface area contributed by atoms with Gasteiger partial charge in [0.05, 0.1) is 25.3 Å². The van der Waals surface area contributed by atoms with E-state index in [1.165, 1.54) is 0 Å². The van der Waals surface area contributed by atoms with Gasteiger partial charge in [0.2, 0.25) is 11.8 Å². The lowest BCUT2D eigenvalue weighted by Gasteiger charge is -2.22. The smallest absolute Gasteiger partial charge is 0.407 e. The number of nitrogens with one attached hydrogen (secondary N) is 2. The van der Waals surface area contributed by atoms with E-state index >= 15 is 0 Å². The molecule has 0 spiro atoms. The highest BCUT2D eigenvalue weighted by atomic mass is 16.5. The number of amides is 3. The molecule has 1 heterocycles.